The molecule has 4 rings (SSSR count). The Hall–Kier alpha value is -1.92. The molecule has 0 aromatic heterocycles. The highest BCUT2D eigenvalue weighted by Gasteiger charge is 2.38. The molecule has 6 heteroatoms. The summed E-state index contributed by atoms with van der Waals surface area (Å²) in [5.41, 5.74) is 2.23. The first-order valence-electron chi connectivity index (χ1n) is 9.11. The molecule has 3 aliphatic rings. The van der Waals surface area contributed by atoms with Crippen molar-refractivity contribution >= 4 is 17.5 Å². The SMILES string of the molecule is CN1C(=O)CO[C@H]2CCN(Cc3ccc(N4CCCC4=O)cc3)C[C@@H]21. The predicted molar refractivity (Wildman–Crippen MR) is 94.2 cm³/mol. The Morgan fingerprint density at radius 2 is 1.92 bits per heavy atom. The number of fused-ring (bicyclic) bond motifs is 1. The van der Waals surface area contributed by atoms with E-state index in [1.165, 1.54) is 5.56 Å². The van der Waals surface area contributed by atoms with E-state index in [9.17, 15) is 9.59 Å². The Kier molecular flexibility index (Phi) is 4.48. The van der Waals surface area contributed by atoms with Crippen LogP contribution in [-0.2, 0) is 20.9 Å². The van der Waals surface area contributed by atoms with Crippen molar-refractivity contribution in [2.45, 2.75) is 38.0 Å². The van der Waals surface area contributed by atoms with Gasteiger partial charge in [0.2, 0.25) is 11.8 Å². The molecule has 25 heavy (non-hydrogen) atoms. The second kappa shape index (κ2) is 6.77. The molecule has 0 saturated carbocycles. The number of piperidine rings is 1. The number of ether oxygens (including phenoxy) is 1. The number of morpholine rings is 1. The lowest BCUT2D eigenvalue weighted by molar-refractivity contribution is -0.160. The summed E-state index contributed by atoms with van der Waals surface area (Å²) in [6.07, 6.45) is 2.74. The standard InChI is InChI=1S/C19H25N3O3/c1-20-16-12-21(10-8-17(16)25-13-19(20)24)11-14-4-6-15(7-5-14)22-9-2-3-18(22)23/h4-7,16-17H,2-3,8-13H2,1H3/t16-,17-/m0/s1. The number of rotatable bonds is 3. The average Bonchev–Trinajstić information content (AvgIpc) is 3.05. The van der Waals surface area contributed by atoms with Crippen LogP contribution in [0, 0.1) is 0 Å². The summed E-state index contributed by atoms with van der Waals surface area (Å²) in [7, 11) is 1.88. The van der Waals surface area contributed by atoms with Crippen LogP contribution >= 0.6 is 0 Å². The summed E-state index contributed by atoms with van der Waals surface area (Å²) in [5.74, 6) is 0.294. The third-order valence-electron chi connectivity index (χ3n) is 5.64. The molecule has 1 aromatic carbocycles. The number of likely N-dealkylation sites (N-methyl/N-ethyl adjacent to an activating group) is 1. The zero-order valence-electron chi connectivity index (χ0n) is 14.7. The zero-order valence-corrected chi connectivity index (χ0v) is 14.7. The molecule has 0 aliphatic carbocycles. The van der Waals surface area contributed by atoms with Gasteiger partial charge in [0.05, 0.1) is 12.1 Å². The van der Waals surface area contributed by atoms with Gasteiger partial charge in [0.25, 0.3) is 0 Å². The summed E-state index contributed by atoms with van der Waals surface area (Å²) in [4.78, 5) is 29.8. The zero-order chi connectivity index (χ0) is 17.4. The van der Waals surface area contributed by atoms with E-state index < -0.39 is 0 Å². The number of carbonyl (C=O) groups is 2. The van der Waals surface area contributed by atoms with E-state index in [1.807, 2.05) is 29.0 Å². The van der Waals surface area contributed by atoms with Gasteiger partial charge in [-0.1, -0.05) is 12.1 Å². The average molecular weight is 343 g/mol. The summed E-state index contributed by atoms with van der Waals surface area (Å²) in [6, 6.07) is 8.46. The van der Waals surface area contributed by atoms with E-state index in [0.29, 0.717) is 6.42 Å². The first-order valence-corrected chi connectivity index (χ1v) is 9.11. The van der Waals surface area contributed by atoms with Gasteiger partial charge in [-0.25, -0.2) is 0 Å². The topological polar surface area (TPSA) is 53.1 Å². The van der Waals surface area contributed by atoms with Crippen LogP contribution < -0.4 is 4.90 Å². The third-order valence-corrected chi connectivity index (χ3v) is 5.64. The van der Waals surface area contributed by atoms with Crippen molar-refractivity contribution in [1.82, 2.24) is 9.80 Å². The minimum Gasteiger partial charge on any atom is -0.366 e. The highest BCUT2D eigenvalue weighted by atomic mass is 16.5. The molecule has 2 amide bonds. The van der Waals surface area contributed by atoms with Gasteiger partial charge in [-0.15, -0.1) is 0 Å². The number of nitrogens with zero attached hydrogens (tertiary/aromatic N) is 3. The molecule has 1 aromatic rings. The van der Waals surface area contributed by atoms with Crippen molar-refractivity contribution in [3.63, 3.8) is 0 Å². The van der Waals surface area contributed by atoms with Gasteiger partial charge >= 0.3 is 0 Å². The summed E-state index contributed by atoms with van der Waals surface area (Å²) < 4.78 is 5.69. The number of anilines is 1. The third kappa shape index (κ3) is 3.28. The van der Waals surface area contributed by atoms with Gasteiger partial charge in [0, 0.05) is 45.3 Å². The maximum Gasteiger partial charge on any atom is 0.248 e. The van der Waals surface area contributed by atoms with E-state index in [1.54, 1.807) is 0 Å². The van der Waals surface area contributed by atoms with E-state index in [2.05, 4.69) is 17.0 Å². The molecule has 3 saturated heterocycles. The fourth-order valence-corrected chi connectivity index (χ4v) is 4.11. The normalized spacial score (nSPS) is 27.7. The molecule has 0 spiro atoms. The number of likely N-dealkylation sites (tertiary alicyclic amines) is 1. The van der Waals surface area contributed by atoms with Crippen LogP contribution in [-0.4, -0.2) is 67.0 Å². The summed E-state index contributed by atoms with van der Waals surface area (Å²) in [5, 5.41) is 0. The lowest BCUT2D eigenvalue weighted by Gasteiger charge is -2.45. The monoisotopic (exact) mass is 343 g/mol. The van der Waals surface area contributed by atoms with Gasteiger partial charge in [-0.05, 0) is 30.5 Å². The molecular weight excluding hydrogens is 318 g/mol. The van der Waals surface area contributed by atoms with E-state index in [0.717, 1.165) is 44.7 Å². The lowest BCUT2D eigenvalue weighted by Crippen LogP contribution is -2.60. The van der Waals surface area contributed by atoms with Crippen molar-refractivity contribution in [2.24, 2.45) is 0 Å². The number of benzene rings is 1. The van der Waals surface area contributed by atoms with Crippen LogP contribution in [0.3, 0.4) is 0 Å². The van der Waals surface area contributed by atoms with Crippen LogP contribution in [0.25, 0.3) is 0 Å². The Morgan fingerprint density at radius 3 is 2.64 bits per heavy atom. The molecule has 3 heterocycles. The lowest BCUT2D eigenvalue weighted by atomic mass is 9.98. The fourth-order valence-electron chi connectivity index (χ4n) is 4.11. The van der Waals surface area contributed by atoms with Crippen molar-refractivity contribution < 1.29 is 14.3 Å². The van der Waals surface area contributed by atoms with Crippen LogP contribution in [0.1, 0.15) is 24.8 Å². The summed E-state index contributed by atoms with van der Waals surface area (Å²) in [6.45, 7) is 3.73. The summed E-state index contributed by atoms with van der Waals surface area (Å²) >= 11 is 0. The fraction of sp³-hybridized carbons (Fsp3) is 0.579. The molecule has 0 bridgehead atoms. The molecule has 3 fully saturated rings. The quantitative estimate of drug-likeness (QED) is 0.829. The van der Waals surface area contributed by atoms with Crippen molar-refractivity contribution in [2.75, 3.05) is 38.2 Å². The highest BCUT2D eigenvalue weighted by Crippen LogP contribution is 2.25. The first-order chi connectivity index (χ1) is 12.1. The predicted octanol–water partition coefficient (Wildman–Crippen LogP) is 1.24. The molecule has 0 radical (unpaired) electrons. The number of hydrogen-bond acceptors (Lipinski definition) is 4. The maximum atomic E-state index is 11.9. The molecule has 3 aliphatic heterocycles. The maximum absolute atomic E-state index is 11.9. The second-order valence-electron chi connectivity index (χ2n) is 7.26. The van der Waals surface area contributed by atoms with Crippen molar-refractivity contribution in [1.29, 1.82) is 0 Å². The minimum absolute atomic E-state index is 0.0720. The molecule has 2 atom stereocenters. The minimum atomic E-state index is 0.0720. The van der Waals surface area contributed by atoms with E-state index in [-0.39, 0.29) is 30.6 Å². The molecule has 134 valence electrons. The highest BCUT2D eigenvalue weighted by molar-refractivity contribution is 5.95. The Morgan fingerprint density at radius 1 is 1.12 bits per heavy atom. The first kappa shape index (κ1) is 16.5. The number of amides is 2. The Balaban J connectivity index is 1.39. The number of hydrogen-bond donors (Lipinski definition) is 0. The van der Waals surface area contributed by atoms with Crippen LogP contribution in [0.4, 0.5) is 5.69 Å². The van der Waals surface area contributed by atoms with Crippen LogP contribution in [0.5, 0.6) is 0 Å². The van der Waals surface area contributed by atoms with Crippen molar-refractivity contribution in [3.8, 4) is 0 Å². The van der Waals surface area contributed by atoms with E-state index in [4.69, 9.17) is 4.74 Å². The number of carbonyl (C=O) groups excluding carboxylic acids is 2. The van der Waals surface area contributed by atoms with Gasteiger partial charge in [0.15, 0.2) is 0 Å². The largest absolute Gasteiger partial charge is 0.366 e. The van der Waals surface area contributed by atoms with Gasteiger partial charge in [-0.3, -0.25) is 14.5 Å². The molecular formula is C19H25N3O3. The Labute approximate surface area is 148 Å². The Bertz CT molecular complexity index is 660. The van der Waals surface area contributed by atoms with Crippen molar-refractivity contribution in [3.05, 3.63) is 29.8 Å². The molecule has 6 nitrogen and oxygen atoms in total. The van der Waals surface area contributed by atoms with Gasteiger partial charge in [0.1, 0.15) is 6.61 Å². The van der Waals surface area contributed by atoms with Gasteiger partial charge < -0.3 is 14.5 Å². The smallest absolute Gasteiger partial charge is 0.248 e. The molecule has 0 N–H and O–H groups in total. The van der Waals surface area contributed by atoms with Crippen LogP contribution in [0.15, 0.2) is 24.3 Å². The van der Waals surface area contributed by atoms with Crippen LogP contribution in [0.2, 0.25) is 0 Å². The van der Waals surface area contributed by atoms with Gasteiger partial charge in [-0.2, -0.15) is 0 Å². The molecule has 0 unspecified atom stereocenters. The van der Waals surface area contributed by atoms with E-state index >= 15 is 0 Å². The second-order valence-corrected chi connectivity index (χ2v) is 7.26.